The third-order valence-corrected chi connectivity index (χ3v) is 12.7. The predicted molar refractivity (Wildman–Crippen MR) is 288 cm³/mol. The van der Waals surface area contributed by atoms with Crippen molar-refractivity contribution >= 4 is 34.1 Å². The molecule has 0 spiro atoms. The molecule has 0 aliphatic heterocycles. The summed E-state index contributed by atoms with van der Waals surface area (Å²) in [5.41, 5.74) is 20.6. The summed E-state index contributed by atoms with van der Waals surface area (Å²) in [7, 11) is 0. The Bertz CT molecular complexity index is 3400. The molecule has 11 aromatic rings. The molecule has 2 heteroatoms. The van der Waals surface area contributed by atoms with Crippen LogP contribution in [-0.2, 0) is 0 Å². The van der Waals surface area contributed by atoms with Gasteiger partial charge in [0.05, 0.1) is 0 Å². The van der Waals surface area contributed by atoms with E-state index in [1.165, 1.54) is 55.6 Å². The normalized spacial score (nSPS) is 10.9. The number of hydrogen-bond donors (Lipinski definition) is 0. The first-order valence-corrected chi connectivity index (χ1v) is 23.3. The highest BCUT2D eigenvalue weighted by molar-refractivity contribution is 5.93. The molecule has 2 nitrogen and oxygen atoms in total. The fourth-order valence-electron chi connectivity index (χ4n) is 9.41. The smallest absolute Gasteiger partial charge is 0.0468 e. The number of benzene rings is 11. The highest BCUT2D eigenvalue weighted by Gasteiger charge is 2.20. The number of rotatable bonds is 12. The van der Waals surface area contributed by atoms with Crippen LogP contribution < -0.4 is 9.80 Å². The summed E-state index contributed by atoms with van der Waals surface area (Å²) in [5, 5.41) is 0. The fraction of sp³-hybridized carbons (Fsp3) is 0. The first kappa shape index (κ1) is 41.7. The third-order valence-electron chi connectivity index (χ3n) is 12.7. The van der Waals surface area contributed by atoms with E-state index < -0.39 is 0 Å². The van der Waals surface area contributed by atoms with Crippen LogP contribution in [0.1, 0.15) is 0 Å². The summed E-state index contributed by atoms with van der Waals surface area (Å²) in [6.45, 7) is 0. The van der Waals surface area contributed by atoms with Crippen LogP contribution in [-0.4, -0.2) is 0 Å². The summed E-state index contributed by atoms with van der Waals surface area (Å²) < 4.78 is 0. The van der Waals surface area contributed by atoms with Crippen molar-refractivity contribution in [2.45, 2.75) is 0 Å². The maximum atomic E-state index is 2.38. The first-order chi connectivity index (χ1) is 33.7. The van der Waals surface area contributed by atoms with Crippen LogP contribution in [0.4, 0.5) is 34.1 Å². The van der Waals surface area contributed by atoms with Crippen LogP contribution in [0.3, 0.4) is 0 Å². The molecule has 0 radical (unpaired) electrons. The van der Waals surface area contributed by atoms with Gasteiger partial charge in [0.25, 0.3) is 0 Å². The molecule has 0 unspecified atom stereocenters. The molecule has 0 aromatic heterocycles. The van der Waals surface area contributed by atoms with Gasteiger partial charge in [-0.3, -0.25) is 0 Å². The minimum atomic E-state index is 1.07. The van der Waals surface area contributed by atoms with Crippen molar-refractivity contribution in [3.05, 3.63) is 291 Å². The van der Waals surface area contributed by atoms with Crippen molar-refractivity contribution in [1.82, 2.24) is 0 Å². The van der Waals surface area contributed by atoms with Crippen LogP contribution in [0.2, 0.25) is 0 Å². The van der Waals surface area contributed by atoms with Crippen molar-refractivity contribution in [3.8, 4) is 66.8 Å². The molecule has 0 bridgehead atoms. The molecule has 0 fully saturated rings. The molecule has 0 N–H and O–H groups in total. The second-order valence-electron chi connectivity index (χ2n) is 16.9. The average Bonchev–Trinajstić information content (AvgIpc) is 3.43. The summed E-state index contributed by atoms with van der Waals surface area (Å²) in [5.74, 6) is 0. The Morgan fingerprint density at radius 1 is 0.147 bits per heavy atom. The van der Waals surface area contributed by atoms with Gasteiger partial charge in [0.2, 0.25) is 0 Å². The van der Waals surface area contributed by atoms with Gasteiger partial charge < -0.3 is 9.80 Å². The standard InChI is InChI=1S/C66H48N2/c1-8-22-49(23-9-1)61-43-40-58(46-64(61)52-28-14-4-15-29-52)67(55-32-18-6-19-33-55)57-38-36-54(37-39-57)66-48-60(42-45-63(66)51-26-12-3-13-27-51)68(56-34-20-7-21-35-56)59-41-44-62(50-24-10-2-11-25-50)65(47-59)53-30-16-5-17-31-53/h1-48H. The van der Waals surface area contributed by atoms with E-state index in [0.717, 1.165) is 45.3 Å². The molecule has 0 aliphatic rings. The number of hydrogen-bond acceptors (Lipinski definition) is 2. The zero-order chi connectivity index (χ0) is 45.5. The van der Waals surface area contributed by atoms with Crippen LogP contribution in [0.5, 0.6) is 0 Å². The zero-order valence-electron chi connectivity index (χ0n) is 37.6. The third kappa shape index (κ3) is 8.63. The van der Waals surface area contributed by atoms with E-state index in [1.807, 2.05) is 0 Å². The van der Waals surface area contributed by atoms with Gasteiger partial charge in [-0.15, -0.1) is 0 Å². The lowest BCUT2D eigenvalue weighted by molar-refractivity contribution is 1.28. The van der Waals surface area contributed by atoms with Gasteiger partial charge in [-0.1, -0.05) is 218 Å². The zero-order valence-corrected chi connectivity index (χ0v) is 37.6. The quantitative estimate of drug-likeness (QED) is 0.121. The molecule has 0 aliphatic carbocycles. The number of anilines is 6. The van der Waals surface area contributed by atoms with E-state index >= 15 is 0 Å². The Balaban J connectivity index is 1.04. The van der Waals surface area contributed by atoms with Crippen LogP contribution in [0.25, 0.3) is 66.8 Å². The minimum absolute atomic E-state index is 1.07. The van der Waals surface area contributed by atoms with Crippen molar-refractivity contribution in [3.63, 3.8) is 0 Å². The summed E-state index contributed by atoms with van der Waals surface area (Å²) in [6, 6.07) is 105. The van der Waals surface area contributed by atoms with E-state index in [1.54, 1.807) is 0 Å². The Morgan fingerprint density at radius 3 is 0.647 bits per heavy atom. The van der Waals surface area contributed by atoms with Crippen molar-refractivity contribution in [2.75, 3.05) is 9.80 Å². The Hall–Kier alpha value is -8.98. The predicted octanol–water partition coefficient (Wildman–Crippen LogP) is 18.6. The van der Waals surface area contributed by atoms with Gasteiger partial charge in [0.1, 0.15) is 0 Å². The topological polar surface area (TPSA) is 6.48 Å². The first-order valence-electron chi connectivity index (χ1n) is 23.3. The highest BCUT2D eigenvalue weighted by atomic mass is 15.1. The van der Waals surface area contributed by atoms with E-state index in [2.05, 4.69) is 301 Å². The van der Waals surface area contributed by atoms with Crippen LogP contribution in [0.15, 0.2) is 291 Å². The van der Waals surface area contributed by atoms with Crippen molar-refractivity contribution < 1.29 is 0 Å². The molecule has 11 aromatic carbocycles. The van der Waals surface area contributed by atoms with Gasteiger partial charge in [-0.25, -0.2) is 0 Å². The van der Waals surface area contributed by atoms with E-state index in [4.69, 9.17) is 0 Å². The molecule has 0 saturated carbocycles. The molecule has 0 saturated heterocycles. The van der Waals surface area contributed by atoms with E-state index in [-0.39, 0.29) is 0 Å². The van der Waals surface area contributed by atoms with Gasteiger partial charge in [0.15, 0.2) is 0 Å². The second-order valence-corrected chi connectivity index (χ2v) is 16.9. The SMILES string of the molecule is c1ccc(-c2ccc(N(c3ccccc3)c3ccc(-c4cc(N(c5ccccc5)c5ccc(-c6ccccc6)c(-c6ccccc6)c5)ccc4-c4ccccc4)cc3)cc2-c2ccccc2)cc1. The Kier molecular flexibility index (Phi) is 11.8. The Morgan fingerprint density at radius 2 is 0.353 bits per heavy atom. The summed E-state index contributed by atoms with van der Waals surface area (Å²) >= 11 is 0. The molecular formula is C66H48N2. The van der Waals surface area contributed by atoms with Crippen molar-refractivity contribution in [1.29, 1.82) is 0 Å². The monoisotopic (exact) mass is 868 g/mol. The lowest BCUT2D eigenvalue weighted by Gasteiger charge is -2.28. The maximum absolute atomic E-state index is 2.38. The summed E-state index contributed by atoms with van der Waals surface area (Å²) in [6.07, 6.45) is 0. The van der Waals surface area contributed by atoms with Gasteiger partial charge in [0, 0.05) is 34.1 Å². The van der Waals surface area contributed by atoms with Gasteiger partial charge >= 0.3 is 0 Å². The molecule has 11 rings (SSSR count). The number of nitrogens with zero attached hydrogens (tertiary/aromatic N) is 2. The molecule has 0 amide bonds. The Labute approximate surface area is 400 Å². The van der Waals surface area contributed by atoms with Crippen LogP contribution in [0, 0.1) is 0 Å². The van der Waals surface area contributed by atoms with E-state index in [9.17, 15) is 0 Å². The highest BCUT2D eigenvalue weighted by Crippen LogP contribution is 2.45. The molecule has 68 heavy (non-hydrogen) atoms. The maximum Gasteiger partial charge on any atom is 0.0468 e. The lowest BCUT2D eigenvalue weighted by atomic mass is 9.92. The van der Waals surface area contributed by atoms with Gasteiger partial charge in [-0.2, -0.15) is 0 Å². The minimum Gasteiger partial charge on any atom is -0.310 e. The molecule has 0 heterocycles. The van der Waals surface area contributed by atoms with E-state index in [0.29, 0.717) is 0 Å². The number of para-hydroxylation sites is 2. The second kappa shape index (κ2) is 19.2. The lowest BCUT2D eigenvalue weighted by Crippen LogP contribution is -2.11. The fourth-order valence-corrected chi connectivity index (χ4v) is 9.41. The molecule has 0 atom stereocenters. The van der Waals surface area contributed by atoms with Crippen LogP contribution >= 0.6 is 0 Å². The van der Waals surface area contributed by atoms with Crippen molar-refractivity contribution in [2.24, 2.45) is 0 Å². The van der Waals surface area contributed by atoms with Gasteiger partial charge in [-0.05, 0) is 140 Å². The summed E-state index contributed by atoms with van der Waals surface area (Å²) in [4.78, 5) is 4.74. The molecule has 322 valence electrons. The molecular weight excluding hydrogens is 821 g/mol. The largest absolute Gasteiger partial charge is 0.310 e. The average molecular weight is 869 g/mol.